The number of H-pyrrole nitrogens is 3. The van der Waals surface area contributed by atoms with Gasteiger partial charge in [0.15, 0.2) is 16.5 Å². The number of carbonyl (C=O) groups is 6. The van der Waals surface area contributed by atoms with Gasteiger partial charge in [0, 0.05) is 77.6 Å². The number of nitrogen functional groups attached to an aromatic ring is 1. The van der Waals surface area contributed by atoms with E-state index in [1.165, 1.54) is 12.1 Å². The van der Waals surface area contributed by atoms with E-state index in [1.54, 1.807) is 117 Å². The predicted molar refractivity (Wildman–Crippen MR) is 454 cm³/mol. The van der Waals surface area contributed by atoms with Crippen molar-refractivity contribution < 1.29 is 95.3 Å². The molecule has 38 heteroatoms. The number of nitrogens with two attached hydrogens (primary N) is 1. The summed E-state index contributed by atoms with van der Waals surface area (Å²) in [5.41, 5.74) is 12.5. The fourth-order valence-corrected chi connectivity index (χ4v) is 10.3. The maximum atomic E-state index is 12.8. The van der Waals surface area contributed by atoms with Crippen LogP contribution >= 0.6 is 38.9 Å². The summed E-state index contributed by atoms with van der Waals surface area (Å²) < 4.78 is 75.6. The monoisotopic (exact) mass is 1740 g/mol. The molecular formula is C81H108Cl3N12O22P. The van der Waals surface area contributed by atoms with Crippen LogP contribution in [0.4, 0.5) is 11.6 Å². The van der Waals surface area contributed by atoms with Crippen molar-refractivity contribution in [2.45, 2.75) is 147 Å². The lowest BCUT2D eigenvalue weighted by Crippen LogP contribution is -2.19. The zero-order chi connectivity index (χ0) is 89.4. The topological polar surface area (TPSA) is 436 Å². The molecule has 6 heterocycles. The van der Waals surface area contributed by atoms with Crippen LogP contribution in [0.15, 0.2) is 100 Å². The highest BCUT2D eigenvalue weighted by molar-refractivity contribution is 8.24. The van der Waals surface area contributed by atoms with Gasteiger partial charge in [-0.1, -0.05) is 55.4 Å². The summed E-state index contributed by atoms with van der Waals surface area (Å²) in [5, 5.41) is 29.0. The maximum absolute atomic E-state index is 12.8. The number of nitrogens with zero attached hydrogens (tertiary/aromatic N) is 7. The van der Waals surface area contributed by atoms with Crippen molar-refractivity contribution in [2.24, 2.45) is 0 Å². The van der Waals surface area contributed by atoms with Gasteiger partial charge in [-0.25, -0.2) is 42.8 Å². The molecule has 7 N–H and O–H groups in total. The SMILES string of the molecule is CCO.CCOC(=O)/C=C(/Nc1cc(C(C)C)nn1Cc1ccc(OC)cc1OC)C(=O)OCC.CCOC(=O)C#CC(=O)OCC.CCOC(=O)c1cc(=O)c2c(C(C)C)[nH]nc2[nH]1.CCOC(=O)c1cc(=O)c2c(C(C)C)nn(Cc3ccc(OC)cc3OC)c2[nH]1.COc1ccc(Cn2nc(C(C)C)cc2N)c(OC)c1.O=P(Cl)(Cl)Cl. The third kappa shape index (κ3) is 33.1. The molecule has 3 aromatic carbocycles. The lowest BCUT2D eigenvalue weighted by molar-refractivity contribution is -0.140. The molecule has 0 spiro atoms. The van der Waals surface area contributed by atoms with Gasteiger partial charge in [0.1, 0.15) is 68.9 Å². The van der Waals surface area contributed by atoms with E-state index in [9.17, 15) is 42.9 Å². The van der Waals surface area contributed by atoms with E-state index in [4.69, 9.17) is 58.2 Å². The number of hydrogen-bond acceptors (Lipinski definition) is 28. The average Bonchev–Trinajstić information content (AvgIpc) is 1.62. The Morgan fingerprint density at radius 3 is 1.32 bits per heavy atom. The molecule has 9 aromatic rings. The summed E-state index contributed by atoms with van der Waals surface area (Å²) in [6.45, 7) is 30.8. The molecule has 0 saturated heterocycles. The molecule has 6 aromatic heterocycles. The van der Waals surface area contributed by atoms with Crippen LogP contribution < -0.4 is 50.3 Å². The van der Waals surface area contributed by atoms with Crippen molar-refractivity contribution in [3.8, 4) is 46.3 Å². The fourth-order valence-electron chi connectivity index (χ4n) is 10.3. The van der Waals surface area contributed by atoms with Crippen LogP contribution in [-0.2, 0) is 71.8 Å². The van der Waals surface area contributed by atoms with Gasteiger partial charge in [0.05, 0.1) is 142 Å². The second-order valence-electron chi connectivity index (χ2n) is 25.6. The first-order chi connectivity index (χ1) is 56.4. The summed E-state index contributed by atoms with van der Waals surface area (Å²) in [7, 11) is 9.62. The molecule has 9 rings (SSSR count). The Bertz CT molecular complexity index is 5060. The molecule has 119 heavy (non-hydrogen) atoms. The molecule has 34 nitrogen and oxygen atoms in total. The number of ether oxygens (including phenoxy) is 12. The third-order valence-corrected chi connectivity index (χ3v) is 15.8. The van der Waals surface area contributed by atoms with Gasteiger partial charge in [-0.05, 0) is 142 Å². The number of aromatic nitrogens is 10. The van der Waals surface area contributed by atoms with E-state index in [0.29, 0.717) is 87.9 Å². The van der Waals surface area contributed by atoms with Crippen LogP contribution in [0.25, 0.3) is 22.1 Å². The molecule has 0 bridgehead atoms. The van der Waals surface area contributed by atoms with Crippen LogP contribution in [-0.4, -0.2) is 179 Å². The van der Waals surface area contributed by atoms with Gasteiger partial charge in [0.2, 0.25) is 0 Å². The van der Waals surface area contributed by atoms with E-state index in [1.807, 2.05) is 108 Å². The number of carbonyl (C=O) groups excluding carboxylic acids is 6. The Kier molecular flexibility index (Phi) is 44.1. The van der Waals surface area contributed by atoms with Crippen molar-refractivity contribution in [3.63, 3.8) is 0 Å². The van der Waals surface area contributed by atoms with E-state index in [2.05, 4.69) is 97.8 Å². The molecule has 0 fully saturated rings. The van der Waals surface area contributed by atoms with Crippen LogP contribution in [0, 0.1) is 11.8 Å². The van der Waals surface area contributed by atoms with Crippen molar-refractivity contribution in [1.82, 2.24) is 49.5 Å². The van der Waals surface area contributed by atoms with Crippen molar-refractivity contribution in [3.05, 3.63) is 162 Å². The Labute approximate surface area is 704 Å². The number of anilines is 2. The second kappa shape index (κ2) is 51.6. The van der Waals surface area contributed by atoms with Crippen LogP contribution in [0.3, 0.4) is 0 Å². The Morgan fingerprint density at radius 1 is 0.521 bits per heavy atom. The molecule has 0 aliphatic rings. The van der Waals surface area contributed by atoms with Crippen LogP contribution in [0.1, 0.15) is 188 Å². The molecule has 0 atom stereocenters. The minimum atomic E-state index is -3.22. The maximum Gasteiger partial charge on any atom is 0.384 e. The first-order valence-electron chi connectivity index (χ1n) is 37.5. The molecule has 650 valence electrons. The van der Waals surface area contributed by atoms with Gasteiger partial charge < -0.3 is 83.0 Å². The molecule has 0 aliphatic carbocycles. The Balaban J connectivity index is 0.000000387. The summed E-state index contributed by atoms with van der Waals surface area (Å²) in [4.78, 5) is 99.9. The fraction of sp³-hybridized carbons (Fsp3) is 0.432. The second-order valence-corrected chi connectivity index (χ2v) is 32.3. The largest absolute Gasteiger partial charge is 0.497 e. The summed E-state index contributed by atoms with van der Waals surface area (Å²) in [5.74, 6) is 6.15. The summed E-state index contributed by atoms with van der Waals surface area (Å²) in [6.07, 6.45) is 1.09. The average molecular weight is 1740 g/mol. The number of hydrogen-bond donors (Lipinski definition) is 6. The Hall–Kier alpha value is -11.5. The van der Waals surface area contributed by atoms with Crippen molar-refractivity contribution in [2.75, 3.05) is 100.0 Å². The highest BCUT2D eigenvalue weighted by Crippen LogP contribution is 2.61. The van der Waals surface area contributed by atoms with E-state index in [-0.39, 0.29) is 91.9 Å². The normalized spacial score (nSPS) is 10.7. The number of rotatable bonds is 28. The molecule has 0 unspecified atom stereocenters. The number of halogens is 3. The summed E-state index contributed by atoms with van der Waals surface area (Å²) >= 11 is 13.8. The number of esters is 6. The number of fused-ring (bicyclic) bond motifs is 2. The van der Waals surface area contributed by atoms with Gasteiger partial charge in [-0.15, -0.1) is 0 Å². The standard InChI is InChI=1S/C23H31N3O6.C21H25N3O5.C15H21N3O2.C12H15N3O3.C8H10O4.C2H6O.Cl3OP/c1-7-31-22(27)13-19(23(28)32-8-2)24-21-12-18(15(3)4)25-26(21)14-16-9-10-17(29-5)11-20(16)30-6;1-6-29-21(26)15-10-16(25)18-19(12(2)3)23-24(20(18)22-15)11-13-7-8-14(27-4)9-17(13)28-5;1-10(2)13-8-15(16)18(17-13)9-11-5-6-12(19-3)7-14(11)20-4;1-4-18-12(17)7-5-8(16)9-10(6(2)3)14-15-11(9)13-7;1-3-11-7(9)5-6-8(10)12-4-2;1-2-3;1-5(2,3)4/h9-13,15,24H,7-8,14H2,1-6H3;7-10,12H,6,11H2,1-5H3,(H,22,25);5-8,10H,9,16H2,1-4H3;5-6H,4H2,1-3H3,(H2,13,14,15,16);3-4H2,1-2H3;3H,2H2,1H3;/b19-13+;;;;;;. The molecule has 0 radical (unpaired) electrons. The molecule has 0 saturated carbocycles. The Morgan fingerprint density at radius 2 is 0.924 bits per heavy atom. The third-order valence-electron chi connectivity index (χ3n) is 15.8. The highest BCUT2D eigenvalue weighted by atomic mass is 36.0. The molecule has 0 aliphatic heterocycles. The lowest BCUT2D eigenvalue weighted by Gasteiger charge is -2.14. The smallest absolute Gasteiger partial charge is 0.384 e. The van der Waals surface area contributed by atoms with Gasteiger partial charge in [-0.3, -0.25) is 19.3 Å². The number of nitrogens with one attached hydrogen (secondary N) is 4. The van der Waals surface area contributed by atoms with Crippen molar-refractivity contribution in [1.29, 1.82) is 0 Å². The van der Waals surface area contributed by atoms with E-state index < -0.39 is 41.0 Å². The number of aliphatic hydroxyl groups excluding tert-OH is 1. The van der Waals surface area contributed by atoms with Gasteiger partial charge >= 0.3 is 41.0 Å². The number of aromatic amines is 3. The van der Waals surface area contributed by atoms with Crippen molar-refractivity contribution >= 4 is 108 Å². The summed E-state index contributed by atoms with van der Waals surface area (Å²) in [6, 6.07) is 23.0. The number of methoxy groups -OCH3 is 6. The first kappa shape index (κ1) is 102. The van der Waals surface area contributed by atoms with E-state index in [0.717, 1.165) is 51.3 Å². The van der Waals surface area contributed by atoms with Gasteiger partial charge in [-0.2, -0.15) is 20.4 Å². The van der Waals surface area contributed by atoms with Crippen LogP contribution in [0.5, 0.6) is 34.5 Å². The first-order valence-corrected chi connectivity index (χ1v) is 42.0. The zero-order valence-electron chi connectivity index (χ0n) is 70.8. The van der Waals surface area contributed by atoms with E-state index >= 15 is 0 Å². The lowest BCUT2D eigenvalue weighted by atomic mass is 10.1. The molecule has 0 amide bonds. The molecular weight excluding hydrogens is 1630 g/mol. The highest BCUT2D eigenvalue weighted by Gasteiger charge is 2.24. The number of benzene rings is 3. The number of pyridine rings is 2. The minimum absolute atomic E-state index is 0.0334. The van der Waals surface area contributed by atoms with Gasteiger partial charge in [0.25, 0.3) is 0 Å². The quantitative estimate of drug-likeness (QED) is 0.00662. The zero-order valence-corrected chi connectivity index (χ0v) is 73.9. The van der Waals surface area contributed by atoms with Crippen LogP contribution in [0.2, 0.25) is 0 Å². The predicted octanol–water partition coefficient (Wildman–Crippen LogP) is 13.7. The number of aliphatic hydroxyl groups is 1. The minimum Gasteiger partial charge on any atom is -0.497 e.